The molecule has 1 aromatic rings. The molecule has 0 amide bonds. The Morgan fingerprint density at radius 2 is 2.36 bits per heavy atom. The van der Waals surface area contributed by atoms with E-state index >= 15 is 0 Å². The van der Waals surface area contributed by atoms with Crippen LogP contribution in [0, 0.1) is 0 Å². The van der Waals surface area contributed by atoms with Gasteiger partial charge in [-0.25, -0.2) is 0 Å². The molecule has 1 atom stereocenters. The van der Waals surface area contributed by atoms with E-state index in [4.69, 9.17) is 17.3 Å². The molecular formula is C9H15ClN2OS. The summed E-state index contributed by atoms with van der Waals surface area (Å²) in [6.45, 7) is 1.69. The van der Waals surface area contributed by atoms with Gasteiger partial charge < -0.3 is 10.8 Å². The minimum absolute atomic E-state index is 0.301. The monoisotopic (exact) mass is 234 g/mol. The topological polar surface area (TPSA) is 49.5 Å². The van der Waals surface area contributed by atoms with E-state index in [1.54, 1.807) is 11.3 Å². The predicted octanol–water partition coefficient (Wildman–Crippen LogP) is 1.15. The number of aliphatic hydroxyl groups excluding tert-OH is 1. The molecule has 80 valence electrons. The molecule has 5 heteroatoms. The number of rotatable bonds is 5. The van der Waals surface area contributed by atoms with E-state index < -0.39 is 6.10 Å². The van der Waals surface area contributed by atoms with Gasteiger partial charge in [-0.1, -0.05) is 11.6 Å². The molecule has 0 saturated heterocycles. The molecule has 3 N–H and O–H groups in total. The van der Waals surface area contributed by atoms with Crippen LogP contribution in [0.25, 0.3) is 0 Å². The van der Waals surface area contributed by atoms with E-state index in [1.807, 2.05) is 24.1 Å². The van der Waals surface area contributed by atoms with Crippen LogP contribution in [0.5, 0.6) is 0 Å². The van der Waals surface area contributed by atoms with Crippen LogP contribution in [0.1, 0.15) is 4.88 Å². The van der Waals surface area contributed by atoms with Crippen LogP contribution in [0.15, 0.2) is 12.1 Å². The first kappa shape index (κ1) is 11.9. The summed E-state index contributed by atoms with van der Waals surface area (Å²) in [7, 11) is 1.95. The molecule has 0 radical (unpaired) electrons. The lowest BCUT2D eigenvalue weighted by atomic mass is 10.3. The molecule has 3 nitrogen and oxygen atoms in total. The van der Waals surface area contributed by atoms with E-state index in [9.17, 15) is 5.11 Å². The van der Waals surface area contributed by atoms with Crippen LogP contribution in [-0.4, -0.2) is 36.2 Å². The van der Waals surface area contributed by atoms with Gasteiger partial charge in [0.15, 0.2) is 0 Å². The molecule has 0 aliphatic rings. The number of likely N-dealkylation sites (N-methyl/N-ethyl adjacent to an activating group) is 1. The van der Waals surface area contributed by atoms with E-state index in [2.05, 4.69) is 0 Å². The largest absolute Gasteiger partial charge is 0.390 e. The molecule has 0 aliphatic heterocycles. The van der Waals surface area contributed by atoms with Crippen molar-refractivity contribution in [1.29, 1.82) is 0 Å². The van der Waals surface area contributed by atoms with Crippen LogP contribution in [0.4, 0.5) is 0 Å². The second-order valence-electron chi connectivity index (χ2n) is 3.29. The van der Waals surface area contributed by atoms with Crippen molar-refractivity contribution in [2.24, 2.45) is 5.73 Å². The maximum absolute atomic E-state index is 9.32. The quantitative estimate of drug-likeness (QED) is 0.804. The predicted molar refractivity (Wildman–Crippen MR) is 60.7 cm³/mol. The highest BCUT2D eigenvalue weighted by Crippen LogP contribution is 2.22. The maximum atomic E-state index is 9.32. The zero-order chi connectivity index (χ0) is 10.6. The fraction of sp³-hybridized carbons (Fsp3) is 0.556. The molecule has 14 heavy (non-hydrogen) atoms. The van der Waals surface area contributed by atoms with Gasteiger partial charge in [0.05, 0.1) is 10.4 Å². The number of thiophene rings is 1. The zero-order valence-electron chi connectivity index (χ0n) is 8.11. The van der Waals surface area contributed by atoms with Gasteiger partial charge >= 0.3 is 0 Å². The van der Waals surface area contributed by atoms with Crippen LogP contribution < -0.4 is 5.73 Å². The number of nitrogens with zero attached hydrogens (tertiary/aromatic N) is 1. The van der Waals surface area contributed by atoms with Gasteiger partial charge in [-0.15, -0.1) is 11.3 Å². The number of hydrogen-bond acceptors (Lipinski definition) is 4. The summed E-state index contributed by atoms with van der Waals surface area (Å²) in [5.41, 5.74) is 5.32. The highest BCUT2D eigenvalue weighted by Gasteiger charge is 2.07. The number of nitrogens with two attached hydrogens (primary N) is 1. The first-order valence-electron chi connectivity index (χ1n) is 4.42. The SMILES string of the molecule is CN(Cc1ccc(Cl)s1)CC(O)CN. The Bertz CT molecular complexity index is 280. The molecule has 1 unspecified atom stereocenters. The van der Waals surface area contributed by atoms with Crippen molar-refractivity contribution in [3.05, 3.63) is 21.3 Å². The fourth-order valence-corrected chi connectivity index (χ4v) is 2.37. The molecule has 0 bridgehead atoms. The molecule has 0 aromatic carbocycles. The summed E-state index contributed by atoms with van der Waals surface area (Å²) in [6.07, 6.45) is -0.449. The third-order valence-electron chi connectivity index (χ3n) is 1.85. The number of aliphatic hydroxyl groups is 1. The third kappa shape index (κ3) is 3.94. The van der Waals surface area contributed by atoms with Gasteiger partial charge in [0.25, 0.3) is 0 Å². The molecular weight excluding hydrogens is 220 g/mol. The van der Waals surface area contributed by atoms with Crippen LogP contribution in [-0.2, 0) is 6.54 Å². The zero-order valence-corrected chi connectivity index (χ0v) is 9.68. The summed E-state index contributed by atoms with van der Waals surface area (Å²) < 4.78 is 0.799. The fourth-order valence-electron chi connectivity index (χ4n) is 1.20. The molecule has 1 aromatic heterocycles. The standard InChI is InChI=1S/C9H15ClN2OS/c1-12(5-7(13)4-11)6-8-2-3-9(10)14-8/h2-3,7,13H,4-6,11H2,1H3. The summed E-state index contributed by atoms with van der Waals surface area (Å²) in [5, 5.41) is 9.32. The van der Waals surface area contributed by atoms with Crippen molar-refractivity contribution in [2.45, 2.75) is 12.6 Å². The van der Waals surface area contributed by atoms with Crippen molar-refractivity contribution in [3.8, 4) is 0 Å². The van der Waals surface area contributed by atoms with E-state index in [-0.39, 0.29) is 0 Å². The normalized spacial score (nSPS) is 13.5. The Balaban J connectivity index is 2.37. The molecule has 0 saturated carbocycles. The average Bonchev–Trinajstić information content (AvgIpc) is 2.50. The Morgan fingerprint density at radius 1 is 1.64 bits per heavy atom. The van der Waals surface area contributed by atoms with Crippen molar-refractivity contribution in [1.82, 2.24) is 4.90 Å². The highest BCUT2D eigenvalue weighted by atomic mass is 35.5. The molecule has 0 fully saturated rings. The van der Waals surface area contributed by atoms with Crippen molar-refractivity contribution in [2.75, 3.05) is 20.1 Å². The minimum atomic E-state index is -0.449. The lowest BCUT2D eigenvalue weighted by Gasteiger charge is -2.18. The van der Waals surface area contributed by atoms with Crippen molar-refractivity contribution in [3.63, 3.8) is 0 Å². The Hall–Kier alpha value is -0.130. The molecule has 0 aliphatic carbocycles. The van der Waals surface area contributed by atoms with Gasteiger partial charge in [0, 0.05) is 24.5 Å². The van der Waals surface area contributed by atoms with Crippen LogP contribution in [0.3, 0.4) is 0 Å². The third-order valence-corrected chi connectivity index (χ3v) is 3.07. The lowest BCUT2D eigenvalue weighted by Crippen LogP contribution is -2.33. The van der Waals surface area contributed by atoms with Crippen molar-refractivity contribution < 1.29 is 5.11 Å². The van der Waals surface area contributed by atoms with Gasteiger partial charge in [-0.05, 0) is 19.2 Å². The number of hydrogen-bond donors (Lipinski definition) is 2. The summed E-state index contributed by atoms with van der Waals surface area (Å²) in [5.74, 6) is 0. The lowest BCUT2D eigenvalue weighted by molar-refractivity contribution is 0.130. The maximum Gasteiger partial charge on any atom is 0.0931 e. The Morgan fingerprint density at radius 3 is 2.86 bits per heavy atom. The first-order valence-corrected chi connectivity index (χ1v) is 5.62. The van der Waals surface area contributed by atoms with Gasteiger partial charge in [-0.3, -0.25) is 4.90 Å². The van der Waals surface area contributed by atoms with Crippen LogP contribution in [0.2, 0.25) is 4.34 Å². The Labute approximate surface area is 93.1 Å². The molecule has 1 heterocycles. The second kappa shape index (κ2) is 5.68. The highest BCUT2D eigenvalue weighted by molar-refractivity contribution is 7.16. The van der Waals surface area contributed by atoms with Crippen LogP contribution >= 0.6 is 22.9 Å². The van der Waals surface area contributed by atoms with E-state index in [0.717, 1.165) is 10.9 Å². The minimum Gasteiger partial charge on any atom is -0.390 e. The summed E-state index contributed by atoms with van der Waals surface area (Å²) in [6, 6.07) is 3.88. The van der Waals surface area contributed by atoms with Gasteiger partial charge in [0.1, 0.15) is 0 Å². The summed E-state index contributed by atoms with van der Waals surface area (Å²) in [4.78, 5) is 3.22. The van der Waals surface area contributed by atoms with Gasteiger partial charge in [0.2, 0.25) is 0 Å². The van der Waals surface area contributed by atoms with E-state index in [0.29, 0.717) is 13.1 Å². The first-order chi connectivity index (χ1) is 6.61. The second-order valence-corrected chi connectivity index (χ2v) is 5.09. The average molecular weight is 235 g/mol. The smallest absolute Gasteiger partial charge is 0.0931 e. The van der Waals surface area contributed by atoms with Gasteiger partial charge in [-0.2, -0.15) is 0 Å². The van der Waals surface area contributed by atoms with E-state index in [1.165, 1.54) is 4.88 Å². The number of halogens is 1. The summed E-state index contributed by atoms with van der Waals surface area (Å²) >= 11 is 7.37. The molecule has 0 spiro atoms. The molecule has 1 rings (SSSR count). The van der Waals surface area contributed by atoms with Crippen molar-refractivity contribution >= 4 is 22.9 Å². The Kier molecular flexibility index (Phi) is 4.84.